The van der Waals surface area contributed by atoms with Crippen molar-refractivity contribution < 1.29 is 4.74 Å². The number of nitrogens with zero attached hydrogens (tertiary/aromatic N) is 3. The molecule has 0 saturated heterocycles. The van der Waals surface area contributed by atoms with Gasteiger partial charge in [0.15, 0.2) is 5.96 Å². The minimum absolute atomic E-state index is 0.772. The predicted octanol–water partition coefficient (Wildman–Crippen LogP) is 3.07. The van der Waals surface area contributed by atoms with Gasteiger partial charge in [-0.2, -0.15) is 0 Å². The van der Waals surface area contributed by atoms with Crippen molar-refractivity contribution >= 4 is 17.0 Å². The van der Waals surface area contributed by atoms with Gasteiger partial charge in [-0.05, 0) is 44.0 Å². The summed E-state index contributed by atoms with van der Waals surface area (Å²) in [4.78, 5) is 8.94. The van der Waals surface area contributed by atoms with Gasteiger partial charge in [-0.25, -0.2) is 4.98 Å². The van der Waals surface area contributed by atoms with Crippen LogP contribution in [0.1, 0.15) is 17.0 Å². The van der Waals surface area contributed by atoms with Gasteiger partial charge in [0.05, 0.1) is 18.1 Å². The van der Waals surface area contributed by atoms with E-state index in [9.17, 15) is 0 Å². The van der Waals surface area contributed by atoms with E-state index in [2.05, 4.69) is 50.3 Å². The van der Waals surface area contributed by atoms with E-state index in [0.29, 0.717) is 0 Å². The number of fused-ring (bicyclic) bond motifs is 1. The molecule has 0 spiro atoms. The van der Waals surface area contributed by atoms with E-state index >= 15 is 0 Å². The number of para-hydroxylation sites is 2. The van der Waals surface area contributed by atoms with E-state index in [0.717, 1.165) is 54.6 Å². The van der Waals surface area contributed by atoms with E-state index < -0.39 is 0 Å². The van der Waals surface area contributed by atoms with E-state index in [-0.39, 0.29) is 0 Å². The Bertz CT molecular complexity index is 961. The Kier molecular flexibility index (Phi) is 6.53. The molecule has 0 saturated carbocycles. The van der Waals surface area contributed by atoms with Crippen LogP contribution in [0.2, 0.25) is 0 Å². The summed E-state index contributed by atoms with van der Waals surface area (Å²) in [6, 6.07) is 14.5. The van der Waals surface area contributed by atoms with Gasteiger partial charge in [-0.1, -0.05) is 29.8 Å². The topological polar surface area (TPSA) is 63.5 Å². The lowest BCUT2D eigenvalue weighted by Gasteiger charge is -2.14. The van der Waals surface area contributed by atoms with Gasteiger partial charge in [-0.3, -0.25) is 4.99 Å². The van der Waals surface area contributed by atoms with Gasteiger partial charge in [-0.15, -0.1) is 0 Å². The van der Waals surface area contributed by atoms with Crippen LogP contribution in [-0.2, 0) is 13.0 Å². The monoisotopic (exact) mass is 379 g/mol. The first-order chi connectivity index (χ1) is 13.6. The quantitative estimate of drug-likeness (QED) is 0.489. The molecule has 6 nitrogen and oxygen atoms in total. The number of benzene rings is 2. The molecule has 1 aromatic heterocycles. The maximum atomic E-state index is 5.45. The standard InChI is InChI=1S/C22H29N5O/c1-16-9-10-21(28-4)18(15-16)11-12-24-22(23-3)25-13-14-27-17(2)26-19-7-5-6-8-20(19)27/h5-10,15H,11-14H2,1-4H3,(H2,23,24,25). The van der Waals surface area contributed by atoms with Crippen LogP contribution in [0.4, 0.5) is 0 Å². The lowest BCUT2D eigenvalue weighted by Crippen LogP contribution is -2.39. The fourth-order valence-electron chi connectivity index (χ4n) is 3.40. The van der Waals surface area contributed by atoms with Crippen molar-refractivity contribution in [3.05, 3.63) is 59.4 Å². The number of nitrogens with one attached hydrogen (secondary N) is 2. The normalized spacial score (nSPS) is 11.6. The SMILES string of the molecule is CN=C(NCCc1cc(C)ccc1OC)NCCn1c(C)nc2ccccc21. The largest absolute Gasteiger partial charge is 0.496 e. The molecular formula is C22H29N5O. The fraction of sp³-hybridized carbons (Fsp3) is 0.364. The maximum absolute atomic E-state index is 5.45. The zero-order chi connectivity index (χ0) is 19.9. The van der Waals surface area contributed by atoms with Crippen molar-refractivity contribution in [2.45, 2.75) is 26.8 Å². The summed E-state index contributed by atoms with van der Waals surface area (Å²) in [7, 11) is 3.50. The molecule has 0 atom stereocenters. The minimum atomic E-state index is 0.772. The minimum Gasteiger partial charge on any atom is -0.496 e. The number of aromatic nitrogens is 2. The number of ether oxygens (including phenoxy) is 1. The Morgan fingerprint density at radius 3 is 2.68 bits per heavy atom. The number of guanidine groups is 1. The number of aryl methyl sites for hydroxylation is 2. The molecule has 1 heterocycles. The van der Waals surface area contributed by atoms with Gasteiger partial charge >= 0.3 is 0 Å². The third-order valence-corrected chi connectivity index (χ3v) is 4.82. The Balaban J connectivity index is 1.51. The second-order valence-corrected chi connectivity index (χ2v) is 6.79. The summed E-state index contributed by atoms with van der Waals surface area (Å²) >= 11 is 0. The average Bonchev–Trinajstić information content (AvgIpc) is 3.02. The molecule has 0 unspecified atom stereocenters. The highest BCUT2D eigenvalue weighted by Gasteiger charge is 2.07. The highest BCUT2D eigenvalue weighted by molar-refractivity contribution is 5.79. The fourth-order valence-corrected chi connectivity index (χ4v) is 3.40. The predicted molar refractivity (Wildman–Crippen MR) is 115 cm³/mol. The van der Waals surface area contributed by atoms with Crippen LogP contribution in [0, 0.1) is 13.8 Å². The molecule has 148 valence electrons. The summed E-state index contributed by atoms with van der Waals surface area (Å²) in [5.41, 5.74) is 4.64. The van der Waals surface area contributed by atoms with Crippen LogP contribution >= 0.6 is 0 Å². The Morgan fingerprint density at radius 1 is 1.11 bits per heavy atom. The van der Waals surface area contributed by atoms with Crippen LogP contribution in [0.25, 0.3) is 11.0 Å². The summed E-state index contributed by atoms with van der Waals surface area (Å²) in [5, 5.41) is 6.76. The van der Waals surface area contributed by atoms with E-state index in [1.54, 1.807) is 14.2 Å². The van der Waals surface area contributed by atoms with Crippen LogP contribution < -0.4 is 15.4 Å². The Labute approximate surface area is 166 Å². The van der Waals surface area contributed by atoms with E-state index in [1.807, 2.05) is 31.2 Å². The van der Waals surface area contributed by atoms with Gasteiger partial charge < -0.3 is 19.9 Å². The molecule has 2 N–H and O–H groups in total. The Hall–Kier alpha value is -3.02. The molecule has 28 heavy (non-hydrogen) atoms. The highest BCUT2D eigenvalue weighted by Crippen LogP contribution is 2.19. The van der Waals surface area contributed by atoms with Gasteiger partial charge in [0.25, 0.3) is 0 Å². The van der Waals surface area contributed by atoms with Gasteiger partial charge in [0.1, 0.15) is 11.6 Å². The maximum Gasteiger partial charge on any atom is 0.191 e. The molecule has 2 aromatic carbocycles. The van der Waals surface area contributed by atoms with E-state index in [4.69, 9.17) is 4.74 Å². The summed E-state index contributed by atoms with van der Waals surface area (Å²) in [6.07, 6.45) is 0.872. The van der Waals surface area contributed by atoms with Crippen molar-refractivity contribution in [3.63, 3.8) is 0 Å². The lowest BCUT2D eigenvalue weighted by molar-refractivity contribution is 0.409. The van der Waals surface area contributed by atoms with Crippen LogP contribution in [0.3, 0.4) is 0 Å². The smallest absolute Gasteiger partial charge is 0.191 e. The third-order valence-electron chi connectivity index (χ3n) is 4.82. The first-order valence-corrected chi connectivity index (χ1v) is 9.62. The summed E-state index contributed by atoms with van der Waals surface area (Å²) < 4.78 is 7.68. The number of methoxy groups -OCH3 is 1. The highest BCUT2D eigenvalue weighted by atomic mass is 16.5. The lowest BCUT2D eigenvalue weighted by atomic mass is 10.1. The molecule has 3 aromatic rings. The zero-order valence-electron chi connectivity index (χ0n) is 17.1. The number of hydrogen-bond acceptors (Lipinski definition) is 3. The van der Waals surface area contributed by atoms with Crippen molar-refractivity contribution in [1.29, 1.82) is 0 Å². The van der Waals surface area contributed by atoms with Crippen molar-refractivity contribution in [2.75, 3.05) is 27.2 Å². The first-order valence-electron chi connectivity index (χ1n) is 9.62. The number of rotatable bonds is 7. The summed E-state index contributed by atoms with van der Waals surface area (Å²) in [6.45, 7) is 6.53. The zero-order valence-corrected chi connectivity index (χ0v) is 17.1. The van der Waals surface area contributed by atoms with Crippen molar-refractivity contribution in [3.8, 4) is 5.75 Å². The molecule has 6 heteroatoms. The van der Waals surface area contributed by atoms with Crippen LogP contribution in [0.15, 0.2) is 47.5 Å². The third kappa shape index (κ3) is 4.63. The second kappa shape index (κ2) is 9.26. The molecule has 0 amide bonds. The van der Waals surface area contributed by atoms with Crippen molar-refractivity contribution in [2.24, 2.45) is 4.99 Å². The molecule has 0 aliphatic carbocycles. The van der Waals surface area contributed by atoms with E-state index in [1.165, 1.54) is 11.1 Å². The van der Waals surface area contributed by atoms with Crippen molar-refractivity contribution in [1.82, 2.24) is 20.2 Å². The number of imidazole rings is 1. The molecule has 0 fully saturated rings. The van der Waals surface area contributed by atoms with Gasteiger partial charge in [0, 0.05) is 26.7 Å². The average molecular weight is 380 g/mol. The molecule has 0 aliphatic rings. The molecule has 0 bridgehead atoms. The first kappa shape index (κ1) is 19.7. The molecule has 3 rings (SSSR count). The summed E-state index contributed by atoms with van der Waals surface area (Å²) in [5.74, 6) is 2.75. The molecule has 0 aliphatic heterocycles. The number of hydrogen-bond donors (Lipinski definition) is 2. The number of aliphatic imine (C=N–C) groups is 1. The van der Waals surface area contributed by atoms with Crippen LogP contribution in [-0.4, -0.2) is 42.8 Å². The molecule has 0 radical (unpaired) electrons. The van der Waals surface area contributed by atoms with Gasteiger partial charge in [0.2, 0.25) is 0 Å². The van der Waals surface area contributed by atoms with Crippen LogP contribution in [0.5, 0.6) is 5.75 Å². The Morgan fingerprint density at radius 2 is 1.89 bits per heavy atom. The second-order valence-electron chi connectivity index (χ2n) is 6.79. The molecular weight excluding hydrogens is 350 g/mol.